The minimum absolute atomic E-state index is 0.0679. The summed E-state index contributed by atoms with van der Waals surface area (Å²) in [6, 6.07) is 7.52. The third-order valence-corrected chi connectivity index (χ3v) is 5.31. The molecule has 114 valence electrons. The normalized spacial score (nSPS) is 11.7. The third-order valence-electron chi connectivity index (χ3n) is 2.84. The van der Waals surface area contributed by atoms with E-state index in [0.717, 1.165) is 11.4 Å². The topological polar surface area (TPSA) is 58.2 Å². The zero-order valence-corrected chi connectivity index (χ0v) is 13.2. The number of rotatable bonds is 7. The van der Waals surface area contributed by atoms with E-state index in [1.807, 2.05) is 6.92 Å². The van der Waals surface area contributed by atoms with Crippen molar-refractivity contribution < 1.29 is 12.8 Å². The lowest BCUT2D eigenvalue weighted by molar-refractivity contribution is 0.580. The van der Waals surface area contributed by atoms with Gasteiger partial charge in [-0.05, 0) is 30.3 Å². The first-order valence-corrected chi connectivity index (χ1v) is 8.90. The summed E-state index contributed by atoms with van der Waals surface area (Å²) in [6.07, 6.45) is 0. The summed E-state index contributed by atoms with van der Waals surface area (Å²) in [6.45, 7) is 3.54. The summed E-state index contributed by atoms with van der Waals surface area (Å²) < 4.78 is 39.8. The first-order valence-electron chi connectivity index (χ1n) is 6.53. The summed E-state index contributed by atoms with van der Waals surface area (Å²) in [5.41, 5.74) is 0.585. The molecule has 2 rings (SSSR count). The molecule has 1 aromatic carbocycles. The van der Waals surface area contributed by atoms with Crippen LogP contribution in [-0.2, 0) is 23.1 Å². The van der Waals surface area contributed by atoms with E-state index in [9.17, 15) is 12.8 Å². The van der Waals surface area contributed by atoms with Gasteiger partial charge in [0.05, 0.1) is 4.90 Å². The lowest BCUT2D eigenvalue weighted by atomic mass is 10.2. The van der Waals surface area contributed by atoms with Crippen LogP contribution in [0.1, 0.15) is 17.4 Å². The Morgan fingerprint density at radius 2 is 2.05 bits per heavy atom. The smallest absolute Gasteiger partial charge is 0.241 e. The maximum atomic E-state index is 13.0. The molecule has 2 N–H and O–H groups in total. The van der Waals surface area contributed by atoms with E-state index in [-0.39, 0.29) is 17.3 Å². The first kappa shape index (κ1) is 16.1. The number of thiophene rings is 1. The Labute approximate surface area is 128 Å². The fraction of sp³-hybridized carbons (Fsp3) is 0.286. The second-order valence-electron chi connectivity index (χ2n) is 4.48. The molecule has 0 saturated heterocycles. The maximum Gasteiger partial charge on any atom is 0.241 e. The van der Waals surface area contributed by atoms with Gasteiger partial charge in [0.25, 0.3) is 0 Å². The molecule has 0 aliphatic heterocycles. The standard InChI is InChI=1S/C14H17FN2O2S2/c1-2-16-9-13-7-14(10-20-13)21(18,19)17-8-11-4-3-5-12(15)6-11/h3-7,10,16-17H,2,8-9H2,1H3. The second kappa shape index (κ2) is 7.13. The second-order valence-corrected chi connectivity index (χ2v) is 7.25. The van der Waals surface area contributed by atoms with Gasteiger partial charge in [-0.2, -0.15) is 0 Å². The fourth-order valence-electron chi connectivity index (χ4n) is 1.75. The number of halogens is 1. The van der Waals surface area contributed by atoms with E-state index in [0.29, 0.717) is 12.1 Å². The van der Waals surface area contributed by atoms with Crippen molar-refractivity contribution in [3.8, 4) is 0 Å². The van der Waals surface area contributed by atoms with Gasteiger partial charge in [-0.15, -0.1) is 11.3 Å². The van der Waals surface area contributed by atoms with Gasteiger partial charge in [0, 0.05) is 23.3 Å². The highest BCUT2D eigenvalue weighted by Crippen LogP contribution is 2.19. The average Bonchev–Trinajstić information content (AvgIpc) is 2.93. The van der Waals surface area contributed by atoms with Crippen LogP contribution in [0.4, 0.5) is 4.39 Å². The van der Waals surface area contributed by atoms with Gasteiger partial charge in [0.15, 0.2) is 0 Å². The Morgan fingerprint density at radius 3 is 2.76 bits per heavy atom. The van der Waals surface area contributed by atoms with Crippen molar-refractivity contribution >= 4 is 21.4 Å². The zero-order chi connectivity index (χ0) is 15.3. The summed E-state index contributed by atoms with van der Waals surface area (Å²) in [7, 11) is -3.57. The fourth-order valence-corrected chi connectivity index (χ4v) is 4.01. The Bertz CT molecular complexity index is 699. The molecule has 0 bridgehead atoms. The number of sulfonamides is 1. The van der Waals surface area contributed by atoms with Crippen LogP contribution in [0, 0.1) is 5.82 Å². The van der Waals surface area contributed by atoms with Gasteiger partial charge < -0.3 is 5.32 Å². The predicted octanol–water partition coefficient (Wildman–Crippen LogP) is 2.48. The summed E-state index contributed by atoms with van der Waals surface area (Å²) in [5.74, 6) is -0.379. The van der Waals surface area contributed by atoms with Crippen LogP contribution in [0.2, 0.25) is 0 Å². The van der Waals surface area contributed by atoms with E-state index >= 15 is 0 Å². The Kier molecular flexibility index (Phi) is 5.46. The molecule has 0 fully saturated rings. The van der Waals surface area contributed by atoms with Gasteiger partial charge in [0.1, 0.15) is 5.82 Å². The van der Waals surface area contributed by atoms with E-state index in [1.54, 1.807) is 23.6 Å². The van der Waals surface area contributed by atoms with Gasteiger partial charge in [-0.1, -0.05) is 19.1 Å². The third kappa shape index (κ3) is 4.60. The quantitative estimate of drug-likeness (QED) is 0.821. The lowest BCUT2D eigenvalue weighted by Gasteiger charge is -2.05. The van der Waals surface area contributed by atoms with Crippen molar-refractivity contribution in [2.24, 2.45) is 0 Å². The van der Waals surface area contributed by atoms with Crippen LogP contribution in [0.3, 0.4) is 0 Å². The molecule has 0 radical (unpaired) electrons. The highest BCUT2D eigenvalue weighted by molar-refractivity contribution is 7.89. The molecule has 0 saturated carbocycles. The number of nitrogens with one attached hydrogen (secondary N) is 2. The van der Waals surface area contributed by atoms with Crippen LogP contribution < -0.4 is 10.0 Å². The Hall–Kier alpha value is -1.28. The summed E-state index contributed by atoms with van der Waals surface area (Å²) in [5, 5.41) is 4.76. The molecule has 4 nitrogen and oxygen atoms in total. The van der Waals surface area contributed by atoms with Crippen LogP contribution in [-0.4, -0.2) is 15.0 Å². The summed E-state index contributed by atoms with van der Waals surface area (Å²) >= 11 is 1.40. The molecule has 0 unspecified atom stereocenters. The molecular weight excluding hydrogens is 311 g/mol. The monoisotopic (exact) mass is 328 g/mol. The maximum absolute atomic E-state index is 13.0. The van der Waals surface area contributed by atoms with Crippen molar-refractivity contribution in [1.29, 1.82) is 0 Å². The molecule has 0 amide bonds. The van der Waals surface area contributed by atoms with Crippen molar-refractivity contribution in [3.05, 3.63) is 52.0 Å². The van der Waals surface area contributed by atoms with Crippen molar-refractivity contribution in [2.75, 3.05) is 6.54 Å². The number of hydrogen-bond acceptors (Lipinski definition) is 4. The molecule has 0 aliphatic rings. The van der Waals surface area contributed by atoms with Gasteiger partial charge in [0.2, 0.25) is 10.0 Å². The van der Waals surface area contributed by atoms with E-state index in [1.165, 1.54) is 23.5 Å². The molecule has 21 heavy (non-hydrogen) atoms. The molecule has 1 heterocycles. The minimum atomic E-state index is -3.57. The van der Waals surface area contributed by atoms with Crippen LogP contribution >= 0.6 is 11.3 Å². The number of hydrogen-bond donors (Lipinski definition) is 2. The molecule has 7 heteroatoms. The van der Waals surface area contributed by atoms with Crippen LogP contribution in [0.25, 0.3) is 0 Å². The highest BCUT2D eigenvalue weighted by atomic mass is 32.2. The molecule has 0 atom stereocenters. The first-order chi connectivity index (χ1) is 10.0. The lowest BCUT2D eigenvalue weighted by Crippen LogP contribution is -2.22. The predicted molar refractivity (Wildman–Crippen MR) is 82.1 cm³/mol. The van der Waals surface area contributed by atoms with E-state index in [4.69, 9.17) is 0 Å². The van der Waals surface area contributed by atoms with Crippen molar-refractivity contribution in [1.82, 2.24) is 10.0 Å². The van der Waals surface area contributed by atoms with Gasteiger partial charge >= 0.3 is 0 Å². The minimum Gasteiger partial charge on any atom is -0.312 e. The van der Waals surface area contributed by atoms with Crippen molar-refractivity contribution in [3.63, 3.8) is 0 Å². The summed E-state index contributed by atoms with van der Waals surface area (Å²) in [4.78, 5) is 1.21. The molecule has 1 aromatic heterocycles. The molecule has 0 aliphatic carbocycles. The molecular formula is C14H17FN2O2S2. The van der Waals surface area contributed by atoms with Crippen LogP contribution in [0.5, 0.6) is 0 Å². The average molecular weight is 328 g/mol. The van der Waals surface area contributed by atoms with E-state index < -0.39 is 10.0 Å². The zero-order valence-electron chi connectivity index (χ0n) is 11.6. The highest BCUT2D eigenvalue weighted by Gasteiger charge is 2.15. The SMILES string of the molecule is CCNCc1cc(S(=O)(=O)NCc2cccc(F)c2)cs1. The van der Waals surface area contributed by atoms with Crippen LogP contribution in [0.15, 0.2) is 40.6 Å². The van der Waals surface area contributed by atoms with Gasteiger partial charge in [-0.25, -0.2) is 17.5 Å². The Balaban J connectivity index is 2.02. The van der Waals surface area contributed by atoms with Gasteiger partial charge in [-0.3, -0.25) is 0 Å². The van der Waals surface area contributed by atoms with E-state index in [2.05, 4.69) is 10.0 Å². The largest absolute Gasteiger partial charge is 0.312 e. The molecule has 0 spiro atoms. The number of benzene rings is 1. The molecule has 2 aromatic rings. The van der Waals surface area contributed by atoms with Crippen molar-refractivity contribution in [2.45, 2.75) is 24.9 Å². The Morgan fingerprint density at radius 1 is 1.24 bits per heavy atom.